The van der Waals surface area contributed by atoms with Crippen molar-refractivity contribution in [2.24, 2.45) is 0 Å². The molecule has 0 aliphatic rings. The van der Waals surface area contributed by atoms with Gasteiger partial charge in [-0.3, -0.25) is 4.79 Å². The first kappa shape index (κ1) is 15.2. The third-order valence-electron chi connectivity index (χ3n) is 2.73. The molecule has 0 radical (unpaired) electrons. The zero-order valence-electron chi connectivity index (χ0n) is 9.89. The lowest BCUT2D eigenvalue weighted by atomic mass is 10.0. The van der Waals surface area contributed by atoms with E-state index in [0.29, 0.717) is 0 Å². The van der Waals surface area contributed by atoms with Gasteiger partial charge in [0.05, 0.1) is 9.65 Å². The predicted molar refractivity (Wildman–Crippen MR) is 94.3 cm³/mol. The van der Waals surface area contributed by atoms with Gasteiger partial charge in [-0.05, 0) is 40.3 Å². The van der Waals surface area contributed by atoms with Crippen molar-refractivity contribution >= 4 is 60.2 Å². The molecule has 2 rings (SSSR count). The van der Waals surface area contributed by atoms with Crippen molar-refractivity contribution < 1.29 is 4.79 Å². The van der Waals surface area contributed by atoms with E-state index in [1.165, 1.54) is 0 Å². The maximum atomic E-state index is 12.4. The largest absolute Gasteiger partial charge is 0.293 e. The maximum Gasteiger partial charge on any atom is 0.177 e. The van der Waals surface area contributed by atoms with Gasteiger partial charge in [0.2, 0.25) is 0 Å². The summed E-state index contributed by atoms with van der Waals surface area (Å²) in [5.74, 6) is 0.0873. The molecule has 1 nitrogen and oxygen atoms in total. The molecule has 0 aromatic heterocycles. The third kappa shape index (κ3) is 3.89. The molecule has 98 valence electrons. The number of alkyl halides is 2. The summed E-state index contributed by atoms with van der Waals surface area (Å²) >= 11 is 9.32. The van der Waals surface area contributed by atoms with Crippen LogP contribution in [0.1, 0.15) is 20.7 Å². The summed E-state index contributed by atoms with van der Waals surface area (Å²) in [4.78, 5) is 12.1. The molecule has 0 bridgehead atoms. The van der Waals surface area contributed by atoms with Gasteiger partial charge in [-0.1, -0.05) is 74.3 Å². The van der Waals surface area contributed by atoms with E-state index in [1.54, 1.807) is 0 Å². The molecule has 0 N–H and O–H groups in total. The monoisotopic (exact) mass is 492 g/mol. The van der Waals surface area contributed by atoms with Crippen molar-refractivity contribution in [2.75, 3.05) is 0 Å². The number of Topliss-reactive ketones (excluding diaryl/α,β-unsaturated/α-hetero) is 1. The topological polar surface area (TPSA) is 17.1 Å². The minimum absolute atomic E-state index is 0.0425. The van der Waals surface area contributed by atoms with E-state index in [1.807, 2.05) is 54.6 Å². The fraction of sp³-hybridized carbons (Fsp3) is 0.133. The van der Waals surface area contributed by atoms with Crippen molar-refractivity contribution in [3.63, 3.8) is 0 Å². The van der Waals surface area contributed by atoms with Gasteiger partial charge in [0, 0.05) is 9.13 Å². The van der Waals surface area contributed by atoms with Gasteiger partial charge >= 0.3 is 0 Å². The van der Waals surface area contributed by atoms with E-state index >= 15 is 0 Å². The number of halogens is 3. The lowest BCUT2D eigenvalue weighted by molar-refractivity contribution is 0.0991. The Balaban J connectivity index is 2.20. The van der Waals surface area contributed by atoms with Crippen molar-refractivity contribution in [1.82, 2.24) is 0 Å². The smallest absolute Gasteiger partial charge is 0.177 e. The molecular formula is C15H11Br2IO. The van der Waals surface area contributed by atoms with Crippen LogP contribution in [0.3, 0.4) is 0 Å². The predicted octanol–water partition coefficient (Wildman–Crippen LogP) is 5.37. The quantitative estimate of drug-likeness (QED) is 0.318. The molecule has 0 fully saturated rings. The normalized spacial score (nSPS) is 13.8. The minimum Gasteiger partial charge on any atom is -0.293 e. The number of benzene rings is 2. The van der Waals surface area contributed by atoms with Crippen LogP contribution >= 0.6 is 54.5 Å². The fourth-order valence-electron chi connectivity index (χ4n) is 1.74. The fourth-order valence-corrected chi connectivity index (χ4v) is 3.40. The summed E-state index contributed by atoms with van der Waals surface area (Å²) in [7, 11) is 0. The van der Waals surface area contributed by atoms with Gasteiger partial charge in [-0.2, -0.15) is 0 Å². The molecule has 2 aromatic carbocycles. The molecule has 0 aliphatic heterocycles. The lowest BCUT2D eigenvalue weighted by Gasteiger charge is -2.16. The van der Waals surface area contributed by atoms with Crippen LogP contribution in [-0.4, -0.2) is 10.6 Å². The van der Waals surface area contributed by atoms with E-state index in [0.717, 1.165) is 14.7 Å². The summed E-state index contributed by atoms with van der Waals surface area (Å²) in [5.41, 5.74) is 1.82. The first-order valence-corrected chi connectivity index (χ1v) is 8.63. The van der Waals surface area contributed by atoms with Crippen LogP contribution in [0.25, 0.3) is 0 Å². The first-order valence-electron chi connectivity index (χ1n) is 5.72. The van der Waals surface area contributed by atoms with Gasteiger partial charge in [0.15, 0.2) is 5.78 Å². The summed E-state index contributed by atoms with van der Waals surface area (Å²) in [6.45, 7) is 0. The molecule has 2 unspecified atom stereocenters. The maximum absolute atomic E-state index is 12.4. The van der Waals surface area contributed by atoms with Gasteiger partial charge in [0.1, 0.15) is 0 Å². The molecule has 19 heavy (non-hydrogen) atoms. The van der Waals surface area contributed by atoms with Crippen LogP contribution in [0.5, 0.6) is 0 Å². The Morgan fingerprint density at radius 1 is 1.00 bits per heavy atom. The van der Waals surface area contributed by atoms with Crippen LogP contribution in [0, 0.1) is 3.57 Å². The number of carbonyl (C=O) groups excluding carboxylic acids is 1. The number of ketones is 1. The summed E-state index contributed by atoms with van der Waals surface area (Å²) in [5, 5.41) is 0. The van der Waals surface area contributed by atoms with E-state index in [9.17, 15) is 4.79 Å². The number of carbonyl (C=O) groups is 1. The summed E-state index contributed by atoms with van der Waals surface area (Å²) in [6, 6.07) is 17.6. The number of hydrogen-bond donors (Lipinski definition) is 0. The molecule has 0 heterocycles. The SMILES string of the molecule is O=C(c1cccc(I)c1)C(Br)C(Br)c1ccccc1. The van der Waals surface area contributed by atoms with Crippen molar-refractivity contribution in [3.05, 3.63) is 69.3 Å². The lowest BCUT2D eigenvalue weighted by Crippen LogP contribution is -2.19. The average Bonchev–Trinajstić information content (AvgIpc) is 2.46. The van der Waals surface area contributed by atoms with E-state index in [-0.39, 0.29) is 15.4 Å². The number of rotatable bonds is 4. The minimum atomic E-state index is -0.284. The standard InChI is InChI=1S/C15H11Br2IO/c16-13(10-5-2-1-3-6-10)14(17)15(19)11-7-4-8-12(18)9-11/h1-9,13-14H. The molecule has 0 spiro atoms. The molecule has 0 aliphatic carbocycles. The highest BCUT2D eigenvalue weighted by Crippen LogP contribution is 2.33. The zero-order chi connectivity index (χ0) is 13.8. The molecular weight excluding hydrogens is 483 g/mol. The highest BCUT2D eigenvalue weighted by Gasteiger charge is 2.25. The van der Waals surface area contributed by atoms with E-state index in [2.05, 4.69) is 54.5 Å². The first-order chi connectivity index (χ1) is 9.09. The molecule has 4 heteroatoms. The van der Waals surface area contributed by atoms with E-state index in [4.69, 9.17) is 0 Å². The van der Waals surface area contributed by atoms with Crippen LogP contribution in [0.15, 0.2) is 54.6 Å². The Morgan fingerprint density at radius 3 is 2.32 bits per heavy atom. The highest BCUT2D eigenvalue weighted by molar-refractivity contribution is 14.1. The van der Waals surface area contributed by atoms with Crippen LogP contribution in [-0.2, 0) is 0 Å². The molecule has 0 saturated carbocycles. The molecule has 0 saturated heterocycles. The van der Waals surface area contributed by atoms with Crippen molar-refractivity contribution in [3.8, 4) is 0 Å². The summed E-state index contributed by atoms with van der Waals surface area (Å²) in [6.07, 6.45) is 0. The van der Waals surface area contributed by atoms with Gasteiger partial charge in [-0.15, -0.1) is 0 Å². The van der Waals surface area contributed by atoms with Gasteiger partial charge in [-0.25, -0.2) is 0 Å². The van der Waals surface area contributed by atoms with Gasteiger partial charge in [0.25, 0.3) is 0 Å². The zero-order valence-corrected chi connectivity index (χ0v) is 15.2. The third-order valence-corrected chi connectivity index (χ3v) is 6.12. The Kier molecular flexibility index (Phi) is 5.59. The molecule has 2 aromatic rings. The molecule has 0 amide bonds. The second kappa shape index (κ2) is 6.99. The second-order valence-corrected chi connectivity index (χ2v) is 7.31. The Hall–Kier alpha value is -0.200. The van der Waals surface area contributed by atoms with Crippen molar-refractivity contribution in [2.45, 2.75) is 9.65 Å². The van der Waals surface area contributed by atoms with Crippen LogP contribution in [0.4, 0.5) is 0 Å². The van der Waals surface area contributed by atoms with Crippen molar-refractivity contribution in [1.29, 1.82) is 0 Å². The Labute approximate surface area is 143 Å². The highest BCUT2D eigenvalue weighted by atomic mass is 127. The summed E-state index contributed by atoms with van der Waals surface area (Å²) < 4.78 is 1.06. The van der Waals surface area contributed by atoms with Gasteiger partial charge < -0.3 is 0 Å². The second-order valence-electron chi connectivity index (χ2n) is 4.09. The number of hydrogen-bond acceptors (Lipinski definition) is 1. The molecule has 2 atom stereocenters. The Bertz CT molecular complexity index is 571. The van der Waals surface area contributed by atoms with Crippen LogP contribution < -0.4 is 0 Å². The van der Waals surface area contributed by atoms with E-state index < -0.39 is 0 Å². The van der Waals surface area contributed by atoms with Crippen LogP contribution in [0.2, 0.25) is 0 Å². The Morgan fingerprint density at radius 2 is 1.68 bits per heavy atom. The average molecular weight is 494 g/mol.